The normalized spacial score (nSPS) is 11.6. The number of nitrogens with zero attached hydrogens (tertiary/aromatic N) is 4. The number of halogens is 3. The maximum Gasteiger partial charge on any atom is 0.433 e. The molecule has 0 atom stereocenters. The summed E-state index contributed by atoms with van der Waals surface area (Å²) in [5, 5.41) is 11.5. The first-order chi connectivity index (χ1) is 9.29. The van der Waals surface area contributed by atoms with Crippen molar-refractivity contribution in [3.63, 3.8) is 0 Å². The molecule has 0 aliphatic rings. The minimum atomic E-state index is -4.56. The summed E-state index contributed by atoms with van der Waals surface area (Å²) >= 11 is 0.864. The molecule has 3 N–H and O–H groups in total. The van der Waals surface area contributed by atoms with E-state index < -0.39 is 11.9 Å². The van der Waals surface area contributed by atoms with Gasteiger partial charge in [-0.25, -0.2) is 14.6 Å². The maximum atomic E-state index is 12.7. The lowest BCUT2D eigenvalue weighted by Gasteiger charge is -2.10. The van der Waals surface area contributed by atoms with Gasteiger partial charge in [-0.1, -0.05) is 0 Å². The smallest absolute Gasteiger partial charge is 0.384 e. The molecule has 0 aliphatic heterocycles. The van der Waals surface area contributed by atoms with E-state index in [4.69, 9.17) is 11.1 Å². The Morgan fingerprint density at radius 2 is 2.10 bits per heavy atom. The number of pyridine rings is 1. The highest BCUT2D eigenvalue weighted by Crippen LogP contribution is 2.32. The van der Waals surface area contributed by atoms with Gasteiger partial charge in [0, 0.05) is 12.6 Å². The van der Waals surface area contributed by atoms with Crippen LogP contribution in [0.25, 0.3) is 0 Å². The number of alkyl halides is 3. The van der Waals surface area contributed by atoms with E-state index in [0.29, 0.717) is 5.16 Å². The number of aryl methyl sites for hydroxylation is 1. The molecule has 0 unspecified atom stereocenters. The fourth-order valence-corrected chi connectivity index (χ4v) is 2.23. The Hall–Kier alpha value is -2.10. The van der Waals surface area contributed by atoms with E-state index >= 15 is 0 Å². The maximum absolute atomic E-state index is 12.7. The first kappa shape index (κ1) is 14.3. The van der Waals surface area contributed by atoms with Crippen LogP contribution < -0.4 is 5.73 Å². The molecule has 106 valence electrons. The molecule has 0 amide bonds. The fraction of sp³-hybridized carbons (Fsp3) is 0.200. The lowest BCUT2D eigenvalue weighted by Crippen LogP contribution is -2.16. The average molecular weight is 302 g/mol. The molecule has 6 nitrogen and oxygen atoms in total. The number of amidine groups is 1. The highest BCUT2D eigenvalue weighted by Gasteiger charge is 2.33. The summed E-state index contributed by atoms with van der Waals surface area (Å²) in [6.45, 7) is 0. The predicted octanol–water partition coefficient (Wildman–Crippen LogP) is 1.66. The Morgan fingerprint density at radius 3 is 2.60 bits per heavy atom. The lowest BCUT2D eigenvalue weighted by molar-refractivity contribution is -0.141. The van der Waals surface area contributed by atoms with E-state index in [-0.39, 0.29) is 16.4 Å². The largest absolute Gasteiger partial charge is 0.433 e. The summed E-state index contributed by atoms with van der Waals surface area (Å²) in [7, 11) is 1.59. The van der Waals surface area contributed by atoms with Crippen LogP contribution in [0.2, 0.25) is 0 Å². The lowest BCUT2D eigenvalue weighted by atomic mass is 10.2. The van der Waals surface area contributed by atoms with Gasteiger partial charge in [-0.3, -0.25) is 5.41 Å². The van der Waals surface area contributed by atoms with Crippen molar-refractivity contribution in [3.8, 4) is 0 Å². The van der Waals surface area contributed by atoms with Gasteiger partial charge in [0.15, 0.2) is 5.16 Å². The molecule has 0 saturated carbocycles. The molecule has 0 fully saturated rings. The van der Waals surface area contributed by atoms with Gasteiger partial charge < -0.3 is 5.73 Å². The third kappa shape index (κ3) is 2.90. The van der Waals surface area contributed by atoms with E-state index in [2.05, 4.69) is 15.1 Å². The zero-order chi connectivity index (χ0) is 14.9. The van der Waals surface area contributed by atoms with Crippen molar-refractivity contribution < 1.29 is 13.2 Å². The first-order valence-corrected chi connectivity index (χ1v) is 6.05. The fourth-order valence-electron chi connectivity index (χ4n) is 1.35. The average Bonchev–Trinajstić information content (AvgIpc) is 2.73. The number of hydrogen-bond donors (Lipinski definition) is 2. The van der Waals surface area contributed by atoms with Crippen molar-refractivity contribution in [1.82, 2.24) is 19.7 Å². The van der Waals surface area contributed by atoms with Crippen LogP contribution in [0.1, 0.15) is 11.3 Å². The van der Waals surface area contributed by atoms with Crippen molar-refractivity contribution in [2.75, 3.05) is 0 Å². The topological polar surface area (TPSA) is 93.5 Å². The van der Waals surface area contributed by atoms with E-state index in [1.807, 2.05) is 0 Å². The minimum absolute atomic E-state index is 0.0385. The second kappa shape index (κ2) is 5.12. The van der Waals surface area contributed by atoms with Gasteiger partial charge in [-0.2, -0.15) is 18.3 Å². The van der Waals surface area contributed by atoms with Gasteiger partial charge in [0.05, 0.1) is 0 Å². The van der Waals surface area contributed by atoms with Gasteiger partial charge in [0.2, 0.25) is 0 Å². The Labute approximate surface area is 115 Å². The molecule has 10 heteroatoms. The zero-order valence-corrected chi connectivity index (χ0v) is 11.0. The third-order valence-electron chi connectivity index (χ3n) is 2.30. The number of rotatable bonds is 3. The SMILES string of the molecule is Cn1ncnc1Sc1nc(C(F)(F)F)ccc1C(=N)N. The van der Waals surface area contributed by atoms with E-state index in [9.17, 15) is 13.2 Å². The molecule has 0 aromatic carbocycles. The van der Waals surface area contributed by atoms with Crippen LogP contribution in [0.4, 0.5) is 13.2 Å². The Bertz CT molecular complexity index is 651. The van der Waals surface area contributed by atoms with Crippen molar-refractivity contribution in [3.05, 3.63) is 29.7 Å². The number of nitrogens with one attached hydrogen (secondary N) is 1. The quantitative estimate of drug-likeness (QED) is 0.664. The number of aromatic nitrogens is 4. The summed E-state index contributed by atoms with van der Waals surface area (Å²) in [6.07, 6.45) is -3.30. The van der Waals surface area contributed by atoms with Gasteiger partial charge in [-0.05, 0) is 23.9 Å². The van der Waals surface area contributed by atoms with Gasteiger partial charge >= 0.3 is 6.18 Å². The molecule has 0 aliphatic carbocycles. The first-order valence-electron chi connectivity index (χ1n) is 5.23. The molecule has 2 aromatic rings. The summed E-state index contributed by atoms with van der Waals surface area (Å²) in [5.41, 5.74) is 4.41. The van der Waals surface area contributed by atoms with Crippen molar-refractivity contribution in [2.24, 2.45) is 12.8 Å². The molecular formula is C10H9F3N6S. The monoisotopic (exact) mass is 302 g/mol. The van der Waals surface area contributed by atoms with Crippen LogP contribution in [-0.4, -0.2) is 25.6 Å². The standard InChI is InChI=1S/C10H9F3N6S/c1-19-9(16-4-17-19)20-8-5(7(14)15)2-3-6(18-8)10(11,12)13/h2-4H,1H3,(H3,14,15). The molecule has 0 radical (unpaired) electrons. The summed E-state index contributed by atoms with van der Waals surface area (Å²) in [6, 6.07) is 1.91. The van der Waals surface area contributed by atoms with Crippen molar-refractivity contribution in [2.45, 2.75) is 16.4 Å². The number of hydrogen-bond acceptors (Lipinski definition) is 5. The van der Waals surface area contributed by atoms with Crippen LogP contribution in [0.3, 0.4) is 0 Å². The van der Waals surface area contributed by atoms with Crippen molar-refractivity contribution >= 4 is 17.6 Å². The third-order valence-corrected chi connectivity index (χ3v) is 3.36. The Balaban J connectivity index is 2.47. The van der Waals surface area contributed by atoms with Crippen LogP contribution in [0, 0.1) is 5.41 Å². The summed E-state index contributed by atoms with van der Waals surface area (Å²) in [4.78, 5) is 7.40. The van der Waals surface area contributed by atoms with Gasteiger partial charge in [0.25, 0.3) is 0 Å². The molecule has 0 spiro atoms. The van der Waals surface area contributed by atoms with Gasteiger partial charge in [-0.15, -0.1) is 0 Å². The highest BCUT2D eigenvalue weighted by atomic mass is 32.2. The van der Waals surface area contributed by atoms with Crippen LogP contribution >= 0.6 is 11.8 Å². The molecule has 2 heterocycles. The molecule has 20 heavy (non-hydrogen) atoms. The summed E-state index contributed by atoms with van der Waals surface area (Å²) < 4.78 is 39.4. The Kier molecular flexibility index (Phi) is 3.66. The van der Waals surface area contributed by atoms with Crippen LogP contribution in [0.15, 0.2) is 28.6 Å². The molecule has 0 bridgehead atoms. The summed E-state index contributed by atoms with van der Waals surface area (Å²) in [5.74, 6) is -0.365. The van der Waals surface area contributed by atoms with E-state index in [1.54, 1.807) is 7.05 Å². The van der Waals surface area contributed by atoms with Crippen molar-refractivity contribution in [1.29, 1.82) is 5.41 Å². The minimum Gasteiger partial charge on any atom is -0.384 e. The molecule has 2 rings (SSSR count). The predicted molar refractivity (Wildman–Crippen MR) is 65.4 cm³/mol. The zero-order valence-electron chi connectivity index (χ0n) is 10.1. The molecule has 2 aromatic heterocycles. The number of nitrogen functional groups attached to an aromatic ring is 1. The van der Waals surface area contributed by atoms with E-state index in [1.165, 1.54) is 11.0 Å². The molecular weight excluding hydrogens is 293 g/mol. The van der Waals surface area contributed by atoms with E-state index in [0.717, 1.165) is 23.9 Å². The second-order valence-electron chi connectivity index (χ2n) is 3.73. The van der Waals surface area contributed by atoms with Gasteiger partial charge in [0.1, 0.15) is 22.9 Å². The second-order valence-corrected chi connectivity index (χ2v) is 4.68. The van der Waals surface area contributed by atoms with Crippen LogP contribution in [0.5, 0.6) is 0 Å². The molecule has 0 saturated heterocycles. The van der Waals surface area contributed by atoms with Crippen LogP contribution in [-0.2, 0) is 13.2 Å². The Morgan fingerprint density at radius 1 is 1.40 bits per heavy atom. The highest BCUT2D eigenvalue weighted by molar-refractivity contribution is 7.99. The number of nitrogens with two attached hydrogens (primary N) is 1.